The van der Waals surface area contributed by atoms with Gasteiger partial charge in [0.15, 0.2) is 5.01 Å². The topological polar surface area (TPSA) is 89.9 Å². The highest BCUT2D eigenvalue weighted by Gasteiger charge is 2.35. The number of fused-ring (bicyclic) bond motifs is 2. The normalized spacial score (nSPS) is 12.0. The SMILES string of the molecule is COc1ccc(Cl)c(-c2cc3[nH]c(=O)n(-c4cncc5nc(C(F)(F)F)sc45)c(=O)c3s2)c1. The minimum absolute atomic E-state index is 0.0249. The third-order valence-corrected chi connectivity index (χ3v) is 7.40. The number of pyridine rings is 1. The van der Waals surface area contributed by atoms with Crippen LogP contribution in [0.4, 0.5) is 13.2 Å². The molecule has 4 aromatic heterocycles. The summed E-state index contributed by atoms with van der Waals surface area (Å²) in [5, 5.41) is -0.674. The number of thiazole rings is 1. The van der Waals surface area contributed by atoms with Gasteiger partial charge in [-0.3, -0.25) is 9.78 Å². The first-order chi connectivity index (χ1) is 15.7. The molecular formula is C20H10ClF3N4O3S2. The molecule has 0 aliphatic carbocycles. The van der Waals surface area contributed by atoms with Crippen LogP contribution in [0.1, 0.15) is 5.01 Å². The van der Waals surface area contributed by atoms with E-state index >= 15 is 0 Å². The zero-order valence-corrected chi connectivity index (χ0v) is 18.7. The van der Waals surface area contributed by atoms with Gasteiger partial charge in [0, 0.05) is 15.5 Å². The lowest BCUT2D eigenvalue weighted by Gasteiger charge is -2.05. The maximum atomic E-state index is 13.3. The van der Waals surface area contributed by atoms with E-state index in [-0.39, 0.29) is 26.1 Å². The Morgan fingerprint density at radius 1 is 1.12 bits per heavy atom. The molecule has 168 valence electrons. The van der Waals surface area contributed by atoms with Crippen LogP contribution in [-0.4, -0.2) is 26.6 Å². The lowest BCUT2D eigenvalue weighted by atomic mass is 10.2. The molecule has 0 saturated carbocycles. The van der Waals surface area contributed by atoms with Crippen molar-refractivity contribution in [3.8, 4) is 21.9 Å². The third kappa shape index (κ3) is 3.59. The van der Waals surface area contributed by atoms with E-state index in [1.54, 1.807) is 24.3 Å². The fourth-order valence-electron chi connectivity index (χ4n) is 3.30. The minimum Gasteiger partial charge on any atom is -0.497 e. The Balaban J connectivity index is 1.74. The highest BCUT2D eigenvalue weighted by atomic mass is 35.5. The Bertz CT molecular complexity index is 1670. The summed E-state index contributed by atoms with van der Waals surface area (Å²) in [5.41, 5.74) is -0.773. The molecule has 0 aliphatic rings. The summed E-state index contributed by atoms with van der Waals surface area (Å²) < 4.78 is 45.7. The van der Waals surface area contributed by atoms with Gasteiger partial charge in [-0.15, -0.1) is 22.7 Å². The number of H-pyrrole nitrogens is 1. The molecule has 7 nitrogen and oxygen atoms in total. The number of aromatic nitrogens is 4. The van der Waals surface area contributed by atoms with Gasteiger partial charge < -0.3 is 9.72 Å². The predicted molar refractivity (Wildman–Crippen MR) is 121 cm³/mol. The van der Waals surface area contributed by atoms with E-state index in [1.165, 1.54) is 7.11 Å². The summed E-state index contributed by atoms with van der Waals surface area (Å²) in [4.78, 5) is 36.7. The number of rotatable bonds is 3. The highest BCUT2D eigenvalue weighted by molar-refractivity contribution is 7.22. The maximum absolute atomic E-state index is 13.3. The summed E-state index contributed by atoms with van der Waals surface area (Å²) >= 11 is 7.73. The van der Waals surface area contributed by atoms with Gasteiger partial charge in [0.05, 0.1) is 35.4 Å². The second kappa shape index (κ2) is 7.68. The first-order valence-corrected chi connectivity index (χ1v) is 11.1. The molecule has 33 heavy (non-hydrogen) atoms. The van der Waals surface area contributed by atoms with E-state index in [0.717, 1.165) is 28.3 Å². The molecule has 0 spiro atoms. The van der Waals surface area contributed by atoms with Crippen LogP contribution in [0.25, 0.3) is 36.6 Å². The van der Waals surface area contributed by atoms with Crippen molar-refractivity contribution in [1.82, 2.24) is 19.5 Å². The molecule has 1 aromatic carbocycles. The Morgan fingerprint density at radius 3 is 2.64 bits per heavy atom. The van der Waals surface area contributed by atoms with Gasteiger partial charge in [-0.05, 0) is 24.3 Å². The Kier molecular flexibility index (Phi) is 5.03. The molecule has 0 bridgehead atoms. The van der Waals surface area contributed by atoms with E-state index < -0.39 is 22.4 Å². The third-order valence-electron chi connectivity index (χ3n) is 4.78. The van der Waals surface area contributed by atoms with Crippen LogP contribution in [-0.2, 0) is 6.18 Å². The van der Waals surface area contributed by atoms with E-state index in [1.807, 2.05) is 0 Å². The number of hydrogen-bond acceptors (Lipinski definition) is 7. The van der Waals surface area contributed by atoms with Gasteiger partial charge in [0.2, 0.25) is 0 Å². The fourth-order valence-corrected chi connectivity index (χ4v) is 5.55. The monoisotopic (exact) mass is 510 g/mol. The van der Waals surface area contributed by atoms with Gasteiger partial charge in [0.25, 0.3) is 5.56 Å². The van der Waals surface area contributed by atoms with Crippen LogP contribution < -0.4 is 16.0 Å². The molecular weight excluding hydrogens is 501 g/mol. The average Bonchev–Trinajstić information content (AvgIpc) is 3.39. The van der Waals surface area contributed by atoms with Crippen molar-refractivity contribution >= 4 is 54.7 Å². The largest absolute Gasteiger partial charge is 0.497 e. The van der Waals surface area contributed by atoms with Crippen LogP contribution in [0.3, 0.4) is 0 Å². The molecule has 4 heterocycles. The number of nitrogens with zero attached hydrogens (tertiary/aromatic N) is 3. The van der Waals surface area contributed by atoms with Gasteiger partial charge in [-0.25, -0.2) is 14.3 Å². The first-order valence-electron chi connectivity index (χ1n) is 9.12. The van der Waals surface area contributed by atoms with Crippen molar-refractivity contribution < 1.29 is 17.9 Å². The number of thiophene rings is 1. The zero-order chi connectivity index (χ0) is 23.5. The number of ether oxygens (including phenoxy) is 1. The number of hydrogen-bond donors (Lipinski definition) is 1. The molecule has 0 aliphatic heterocycles. The summed E-state index contributed by atoms with van der Waals surface area (Å²) in [6, 6.07) is 6.65. The zero-order valence-electron chi connectivity index (χ0n) is 16.4. The molecule has 1 N–H and O–H groups in total. The van der Waals surface area contributed by atoms with E-state index in [9.17, 15) is 22.8 Å². The number of alkyl halides is 3. The number of benzene rings is 1. The van der Waals surface area contributed by atoms with Gasteiger partial charge in [0.1, 0.15) is 16.0 Å². The van der Waals surface area contributed by atoms with Gasteiger partial charge >= 0.3 is 11.9 Å². The molecule has 5 rings (SSSR count). The van der Waals surface area contributed by atoms with Crippen LogP contribution in [0, 0.1) is 0 Å². The number of aromatic amines is 1. The Hall–Kier alpha value is -3.22. The maximum Gasteiger partial charge on any atom is 0.443 e. The first kappa shape index (κ1) is 21.6. The molecule has 0 amide bonds. The lowest BCUT2D eigenvalue weighted by molar-refractivity contribution is -0.137. The number of nitrogens with one attached hydrogen (secondary N) is 1. The van der Waals surface area contributed by atoms with Crippen LogP contribution in [0.5, 0.6) is 5.75 Å². The molecule has 0 unspecified atom stereocenters. The van der Waals surface area contributed by atoms with Crippen molar-refractivity contribution in [2.75, 3.05) is 7.11 Å². The average molecular weight is 511 g/mol. The molecule has 0 fully saturated rings. The Labute approximate surface area is 194 Å². The van der Waals surface area contributed by atoms with Crippen molar-refractivity contribution in [3.05, 3.63) is 67.5 Å². The summed E-state index contributed by atoms with van der Waals surface area (Å²) in [6.45, 7) is 0. The van der Waals surface area contributed by atoms with Crippen molar-refractivity contribution in [1.29, 1.82) is 0 Å². The number of methoxy groups -OCH3 is 1. The molecule has 0 saturated heterocycles. The minimum atomic E-state index is -4.67. The summed E-state index contributed by atoms with van der Waals surface area (Å²) in [7, 11) is 1.51. The Morgan fingerprint density at radius 2 is 1.91 bits per heavy atom. The summed E-state index contributed by atoms with van der Waals surface area (Å²) in [6.07, 6.45) is -2.35. The van der Waals surface area contributed by atoms with Crippen LogP contribution >= 0.6 is 34.3 Å². The standard InChI is InChI=1S/C20H10ClF3N4O3S2/c1-31-8-2-3-10(21)9(4-8)14-5-11-16(32-14)17(29)28(19(30)27-11)13-7-25-6-12-15(13)33-18(26-12)20(22,23)24/h2-7H,1H3,(H,27,30). The van der Waals surface area contributed by atoms with Crippen molar-refractivity contribution in [3.63, 3.8) is 0 Å². The van der Waals surface area contributed by atoms with Crippen molar-refractivity contribution in [2.24, 2.45) is 0 Å². The molecule has 0 atom stereocenters. The van der Waals surface area contributed by atoms with E-state index in [2.05, 4.69) is 15.0 Å². The van der Waals surface area contributed by atoms with Gasteiger partial charge in [-0.1, -0.05) is 11.6 Å². The molecule has 0 radical (unpaired) electrons. The van der Waals surface area contributed by atoms with Crippen LogP contribution in [0.2, 0.25) is 5.02 Å². The highest BCUT2D eigenvalue weighted by Crippen LogP contribution is 2.38. The molecule has 5 aromatic rings. The van der Waals surface area contributed by atoms with E-state index in [0.29, 0.717) is 32.5 Å². The van der Waals surface area contributed by atoms with Gasteiger partial charge in [-0.2, -0.15) is 13.2 Å². The second-order valence-corrected chi connectivity index (χ2v) is 9.25. The predicted octanol–water partition coefficient (Wildman–Crippen LogP) is 5.09. The quantitative estimate of drug-likeness (QED) is 0.365. The van der Waals surface area contributed by atoms with Crippen LogP contribution in [0.15, 0.2) is 46.2 Å². The second-order valence-electron chi connectivity index (χ2n) is 6.79. The smallest absolute Gasteiger partial charge is 0.443 e. The fraction of sp³-hybridized carbons (Fsp3) is 0.100. The van der Waals surface area contributed by atoms with E-state index in [4.69, 9.17) is 16.3 Å². The number of halogens is 4. The molecule has 13 heteroatoms. The summed E-state index contributed by atoms with van der Waals surface area (Å²) in [5.74, 6) is 0.557. The van der Waals surface area contributed by atoms with Crippen molar-refractivity contribution in [2.45, 2.75) is 6.18 Å². The lowest BCUT2D eigenvalue weighted by Crippen LogP contribution is -2.33.